The van der Waals surface area contributed by atoms with E-state index in [9.17, 15) is 0 Å². The van der Waals surface area contributed by atoms with E-state index < -0.39 is 0 Å². The predicted molar refractivity (Wildman–Crippen MR) is 138 cm³/mol. The summed E-state index contributed by atoms with van der Waals surface area (Å²) < 4.78 is 7.33. The maximum Gasteiger partial charge on any atom is 0.230 e. The summed E-state index contributed by atoms with van der Waals surface area (Å²) in [6.07, 6.45) is 0. The van der Waals surface area contributed by atoms with Crippen LogP contribution in [0.25, 0.3) is 17.1 Å². The van der Waals surface area contributed by atoms with E-state index >= 15 is 0 Å². The highest BCUT2D eigenvalue weighted by Crippen LogP contribution is 2.22. The van der Waals surface area contributed by atoms with Gasteiger partial charge in [-0.25, -0.2) is 0 Å². The minimum atomic E-state index is 0.343. The summed E-state index contributed by atoms with van der Waals surface area (Å²) in [6.45, 7) is 2.03. The minimum Gasteiger partial charge on any atom is -0.497 e. The molecule has 4 rings (SSSR count). The molecular weight excluding hydrogens is 452 g/mol. The Morgan fingerprint density at radius 3 is 2.27 bits per heavy atom. The van der Waals surface area contributed by atoms with E-state index in [4.69, 9.17) is 34.2 Å². The lowest BCUT2D eigenvalue weighted by Gasteiger charge is -2.17. The summed E-state index contributed by atoms with van der Waals surface area (Å²) in [4.78, 5) is 9.25. The SMILES string of the molecule is COc1ccc(-n2c(NNC(=S)Nc3ccc(C)cc3)nc(-c3ccccc3)nc2=S)cc1. The van der Waals surface area contributed by atoms with E-state index in [1.807, 2.05) is 85.8 Å². The molecule has 0 bridgehead atoms. The van der Waals surface area contributed by atoms with Crippen LogP contribution in [0.2, 0.25) is 0 Å². The van der Waals surface area contributed by atoms with Crippen LogP contribution in [0.1, 0.15) is 5.56 Å². The van der Waals surface area contributed by atoms with Gasteiger partial charge in [0.15, 0.2) is 10.9 Å². The molecule has 3 N–H and O–H groups in total. The number of aryl methyl sites for hydroxylation is 1. The number of thiocarbonyl (C=S) groups is 1. The van der Waals surface area contributed by atoms with Crippen LogP contribution in [-0.2, 0) is 0 Å². The maximum absolute atomic E-state index is 5.63. The van der Waals surface area contributed by atoms with E-state index in [0.29, 0.717) is 21.7 Å². The summed E-state index contributed by atoms with van der Waals surface area (Å²) in [5.41, 5.74) is 9.75. The van der Waals surface area contributed by atoms with E-state index in [2.05, 4.69) is 21.2 Å². The van der Waals surface area contributed by atoms with Crippen molar-refractivity contribution in [3.63, 3.8) is 0 Å². The molecule has 1 heterocycles. The topological polar surface area (TPSA) is 76.0 Å². The number of aromatic nitrogens is 3. The molecule has 0 unspecified atom stereocenters. The van der Waals surface area contributed by atoms with Gasteiger partial charge in [-0.1, -0.05) is 48.0 Å². The summed E-state index contributed by atoms with van der Waals surface area (Å²) in [7, 11) is 1.62. The summed E-state index contributed by atoms with van der Waals surface area (Å²) in [6, 6.07) is 25.1. The van der Waals surface area contributed by atoms with Gasteiger partial charge in [0.1, 0.15) is 5.75 Å². The van der Waals surface area contributed by atoms with Gasteiger partial charge in [-0.05, 0) is 67.8 Å². The largest absolute Gasteiger partial charge is 0.497 e. The standard InChI is InChI=1S/C24H22N6OS2/c1-16-8-10-18(11-9-16)25-23(32)29-28-22-26-21(17-6-4-3-5-7-17)27-24(33)30(22)19-12-14-20(31-2)15-13-19/h3-15H,1-2H3,(H2,25,29,32)(H,26,27,28,33). The molecule has 0 radical (unpaired) electrons. The molecule has 0 aliphatic carbocycles. The zero-order valence-corrected chi connectivity index (χ0v) is 19.7. The van der Waals surface area contributed by atoms with Crippen molar-refractivity contribution in [2.45, 2.75) is 6.92 Å². The molecule has 4 aromatic rings. The summed E-state index contributed by atoms with van der Waals surface area (Å²) in [5.74, 6) is 1.68. The summed E-state index contributed by atoms with van der Waals surface area (Å²) in [5, 5.41) is 3.52. The van der Waals surface area contributed by atoms with Gasteiger partial charge in [-0.15, -0.1) is 0 Å². The molecule has 0 saturated heterocycles. The van der Waals surface area contributed by atoms with Gasteiger partial charge in [0, 0.05) is 11.3 Å². The Kier molecular flexibility index (Phi) is 6.92. The number of rotatable bonds is 6. The molecule has 7 nitrogen and oxygen atoms in total. The van der Waals surface area contributed by atoms with E-state index in [1.54, 1.807) is 11.7 Å². The Morgan fingerprint density at radius 1 is 0.909 bits per heavy atom. The van der Waals surface area contributed by atoms with Gasteiger partial charge >= 0.3 is 0 Å². The van der Waals surface area contributed by atoms with Crippen molar-refractivity contribution in [2.24, 2.45) is 0 Å². The van der Waals surface area contributed by atoms with Crippen molar-refractivity contribution >= 4 is 41.2 Å². The van der Waals surface area contributed by atoms with Crippen LogP contribution in [0.4, 0.5) is 11.6 Å². The molecule has 9 heteroatoms. The molecule has 0 aliphatic heterocycles. The van der Waals surface area contributed by atoms with Crippen LogP contribution >= 0.6 is 24.4 Å². The number of anilines is 2. The van der Waals surface area contributed by atoms with Crippen molar-refractivity contribution in [1.82, 2.24) is 20.0 Å². The quantitative estimate of drug-likeness (QED) is 0.257. The fourth-order valence-corrected chi connectivity index (χ4v) is 3.53. The first-order chi connectivity index (χ1) is 16.0. The third-order valence-electron chi connectivity index (χ3n) is 4.78. The lowest BCUT2D eigenvalue weighted by Crippen LogP contribution is -2.35. The Bertz CT molecular complexity index is 1310. The van der Waals surface area contributed by atoms with Crippen LogP contribution < -0.4 is 20.9 Å². The summed E-state index contributed by atoms with van der Waals surface area (Å²) >= 11 is 11.1. The minimum absolute atomic E-state index is 0.343. The second-order valence-electron chi connectivity index (χ2n) is 7.12. The number of hydrogen-bond acceptors (Lipinski definition) is 6. The fraction of sp³-hybridized carbons (Fsp3) is 0.0833. The van der Waals surface area contributed by atoms with Crippen LogP contribution in [0.5, 0.6) is 5.75 Å². The Hall–Kier alpha value is -3.82. The lowest BCUT2D eigenvalue weighted by molar-refractivity contribution is 0.414. The number of nitrogens with zero attached hydrogens (tertiary/aromatic N) is 3. The lowest BCUT2D eigenvalue weighted by atomic mass is 10.2. The Morgan fingerprint density at radius 2 is 1.61 bits per heavy atom. The Balaban J connectivity index is 1.65. The van der Waals surface area contributed by atoms with E-state index in [0.717, 1.165) is 22.7 Å². The normalized spacial score (nSPS) is 10.4. The molecule has 0 saturated carbocycles. The van der Waals surface area contributed by atoms with Gasteiger partial charge in [0.25, 0.3) is 0 Å². The molecule has 1 aromatic heterocycles. The molecule has 0 spiro atoms. The third kappa shape index (κ3) is 5.51. The second kappa shape index (κ2) is 10.2. The fourth-order valence-electron chi connectivity index (χ4n) is 3.08. The molecule has 166 valence electrons. The number of nitrogens with one attached hydrogen (secondary N) is 3. The zero-order chi connectivity index (χ0) is 23.2. The third-order valence-corrected chi connectivity index (χ3v) is 5.25. The number of ether oxygens (including phenoxy) is 1. The van der Waals surface area contributed by atoms with Crippen LogP contribution in [0, 0.1) is 11.7 Å². The van der Waals surface area contributed by atoms with Gasteiger partial charge in [0.2, 0.25) is 10.7 Å². The van der Waals surface area contributed by atoms with Gasteiger partial charge in [0.05, 0.1) is 12.8 Å². The van der Waals surface area contributed by atoms with Crippen molar-refractivity contribution in [2.75, 3.05) is 17.9 Å². The van der Waals surface area contributed by atoms with Crippen LogP contribution in [-0.4, -0.2) is 26.8 Å². The highest BCUT2D eigenvalue weighted by molar-refractivity contribution is 7.80. The van der Waals surface area contributed by atoms with E-state index in [1.165, 1.54) is 5.56 Å². The molecule has 3 aromatic carbocycles. The first kappa shape index (κ1) is 22.4. The van der Waals surface area contributed by atoms with Crippen molar-refractivity contribution in [3.8, 4) is 22.8 Å². The molecule has 0 atom stereocenters. The smallest absolute Gasteiger partial charge is 0.230 e. The predicted octanol–water partition coefficient (Wildman–Crippen LogP) is 5.29. The molecule has 0 aliphatic rings. The maximum atomic E-state index is 5.63. The van der Waals surface area contributed by atoms with Crippen molar-refractivity contribution in [1.29, 1.82) is 0 Å². The van der Waals surface area contributed by atoms with Crippen molar-refractivity contribution in [3.05, 3.63) is 89.2 Å². The average molecular weight is 475 g/mol. The zero-order valence-electron chi connectivity index (χ0n) is 18.1. The van der Waals surface area contributed by atoms with Gasteiger partial charge in [-0.3, -0.25) is 15.4 Å². The molecular formula is C24H22N6OS2. The highest BCUT2D eigenvalue weighted by Gasteiger charge is 2.12. The number of methoxy groups -OCH3 is 1. The van der Waals surface area contributed by atoms with Crippen LogP contribution in [0.15, 0.2) is 78.9 Å². The average Bonchev–Trinajstić information content (AvgIpc) is 2.84. The van der Waals surface area contributed by atoms with Gasteiger partial charge < -0.3 is 10.1 Å². The van der Waals surface area contributed by atoms with Crippen LogP contribution in [0.3, 0.4) is 0 Å². The molecule has 0 amide bonds. The number of hydrogen-bond donors (Lipinski definition) is 3. The van der Waals surface area contributed by atoms with E-state index in [-0.39, 0.29) is 0 Å². The monoisotopic (exact) mass is 474 g/mol. The molecule has 0 fully saturated rings. The first-order valence-electron chi connectivity index (χ1n) is 10.1. The Labute approximate surface area is 202 Å². The number of hydrazine groups is 1. The second-order valence-corrected chi connectivity index (χ2v) is 7.90. The first-order valence-corrected chi connectivity index (χ1v) is 11.0. The highest BCUT2D eigenvalue weighted by atomic mass is 32.1. The molecule has 33 heavy (non-hydrogen) atoms. The van der Waals surface area contributed by atoms with Gasteiger partial charge in [-0.2, -0.15) is 9.97 Å². The van der Waals surface area contributed by atoms with Crippen molar-refractivity contribution < 1.29 is 4.74 Å². The number of benzene rings is 3.